The van der Waals surface area contributed by atoms with Gasteiger partial charge in [0.25, 0.3) is 0 Å². The van der Waals surface area contributed by atoms with Crippen molar-refractivity contribution in [2.45, 2.75) is 6.18 Å². The van der Waals surface area contributed by atoms with Gasteiger partial charge in [0, 0.05) is 10.7 Å². The van der Waals surface area contributed by atoms with E-state index in [-0.39, 0.29) is 28.0 Å². The summed E-state index contributed by atoms with van der Waals surface area (Å²) in [6, 6.07) is 9.74. The van der Waals surface area contributed by atoms with Gasteiger partial charge in [0.2, 0.25) is 0 Å². The van der Waals surface area contributed by atoms with E-state index in [4.69, 9.17) is 28.9 Å². The van der Waals surface area contributed by atoms with Gasteiger partial charge in [-0.2, -0.15) is 13.2 Å². The summed E-state index contributed by atoms with van der Waals surface area (Å²) in [5.41, 5.74) is 6.00. The lowest BCUT2D eigenvalue weighted by atomic mass is 10.2. The van der Waals surface area contributed by atoms with Gasteiger partial charge in [-0.1, -0.05) is 23.2 Å². The smallest absolute Gasteiger partial charge is 0.393 e. The summed E-state index contributed by atoms with van der Waals surface area (Å²) in [4.78, 5) is 8.02. The maximum absolute atomic E-state index is 12.9. The average molecular weight is 414 g/mol. The van der Waals surface area contributed by atoms with Crippen molar-refractivity contribution < 1.29 is 13.2 Å². The van der Waals surface area contributed by atoms with Gasteiger partial charge >= 0.3 is 6.18 Å². The normalized spacial score (nSPS) is 11.3. The molecule has 0 fully saturated rings. The van der Waals surface area contributed by atoms with Crippen LogP contribution < -0.4 is 16.4 Å². The molecule has 0 aliphatic rings. The predicted molar refractivity (Wildman–Crippen MR) is 101 cm³/mol. The third kappa shape index (κ3) is 4.53. The van der Waals surface area contributed by atoms with E-state index in [1.54, 1.807) is 24.3 Å². The summed E-state index contributed by atoms with van der Waals surface area (Å²) in [7, 11) is 0. The number of aromatic nitrogens is 2. The summed E-state index contributed by atoms with van der Waals surface area (Å²) in [6.45, 7) is 0. The number of nitrogen functional groups attached to an aromatic ring is 1. The number of nitrogens with zero attached hydrogens (tertiary/aromatic N) is 2. The number of halogens is 5. The van der Waals surface area contributed by atoms with Crippen molar-refractivity contribution in [1.29, 1.82) is 0 Å². The molecule has 0 aliphatic carbocycles. The fourth-order valence-corrected chi connectivity index (χ4v) is 2.48. The molecular weight excluding hydrogens is 402 g/mol. The molecule has 5 nitrogen and oxygen atoms in total. The highest BCUT2D eigenvalue weighted by Gasteiger charge is 2.31. The molecule has 0 atom stereocenters. The van der Waals surface area contributed by atoms with E-state index in [0.717, 1.165) is 18.2 Å². The first-order valence-corrected chi connectivity index (χ1v) is 8.26. The van der Waals surface area contributed by atoms with E-state index in [2.05, 4.69) is 20.6 Å². The molecule has 0 amide bonds. The van der Waals surface area contributed by atoms with Crippen LogP contribution in [0.2, 0.25) is 10.0 Å². The Morgan fingerprint density at radius 2 is 1.52 bits per heavy atom. The number of hydrogen-bond donors (Lipinski definition) is 3. The summed E-state index contributed by atoms with van der Waals surface area (Å²) < 4.78 is 38.7. The van der Waals surface area contributed by atoms with Crippen LogP contribution in [0.5, 0.6) is 0 Å². The number of benzene rings is 2. The number of rotatable bonds is 4. The highest BCUT2D eigenvalue weighted by molar-refractivity contribution is 6.33. The Morgan fingerprint density at radius 1 is 0.889 bits per heavy atom. The number of nitrogens with two attached hydrogens (primary N) is 1. The van der Waals surface area contributed by atoms with Crippen molar-refractivity contribution in [3.05, 3.63) is 64.4 Å². The zero-order valence-corrected chi connectivity index (χ0v) is 15.0. The van der Waals surface area contributed by atoms with Crippen LogP contribution in [0.1, 0.15) is 5.56 Å². The van der Waals surface area contributed by atoms with Crippen LogP contribution in [-0.2, 0) is 6.18 Å². The second-order valence-electron chi connectivity index (χ2n) is 5.43. The Bertz CT molecular complexity index is 962. The molecular formula is C17H12Cl2F3N5. The Balaban J connectivity index is 1.89. The Kier molecular flexibility index (Phi) is 5.29. The summed E-state index contributed by atoms with van der Waals surface area (Å²) >= 11 is 11.8. The molecule has 2 aromatic carbocycles. The standard InChI is InChI=1S/C17H12Cl2F3N5/c18-10-2-4-11(5-3-10)26-15-14(23)16(25-8-24-15)27-13-7-9(17(20,21)22)1-6-12(13)19/h1-8H,23H2,(H2,24,25,26,27). The van der Waals surface area contributed by atoms with Crippen LogP contribution >= 0.6 is 23.2 Å². The monoisotopic (exact) mass is 413 g/mol. The molecule has 0 saturated heterocycles. The molecule has 1 heterocycles. The third-order valence-corrected chi connectivity index (χ3v) is 4.12. The summed E-state index contributed by atoms with van der Waals surface area (Å²) in [5, 5.41) is 6.37. The molecule has 3 aromatic rings. The molecule has 140 valence electrons. The number of hydrogen-bond acceptors (Lipinski definition) is 5. The van der Waals surface area contributed by atoms with E-state index in [0.29, 0.717) is 10.7 Å². The van der Waals surface area contributed by atoms with Crippen LogP contribution in [0.25, 0.3) is 0 Å². The highest BCUT2D eigenvalue weighted by Crippen LogP contribution is 2.36. The third-order valence-electron chi connectivity index (χ3n) is 3.54. The fourth-order valence-electron chi connectivity index (χ4n) is 2.19. The molecule has 1 aromatic heterocycles. The fraction of sp³-hybridized carbons (Fsp3) is 0.0588. The molecule has 0 unspecified atom stereocenters. The van der Waals surface area contributed by atoms with Crippen molar-refractivity contribution >= 4 is 51.9 Å². The van der Waals surface area contributed by atoms with Gasteiger partial charge < -0.3 is 16.4 Å². The van der Waals surface area contributed by atoms with Gasteiger partial charge in [-0.05, 0) is 42.5 Å². The zero-order chi connectivity index (χ0) is 19.6. The van der Waals surface area contributed by atoms with E-state index >= 15 is 0 Å². The Hall–Kier alpha value is -2.71. The van der Waals surface area contributed by atoms with Crippen molar-refractivity contribution in [2.24, 2.45) is 0 Å². The SMILES string of the molecule is Nc1c(Nc2ccc(Cl)cc2)ncnc1Nc1cc(C(F)(F)F)ccc1Cl. The average Bonchev–Trinajstić information content (AvgIpc) is 2.61. The van der Waals surface area contributed by atoms with Crippen molar-refractivity contribution in [2.75, 3.05) is 16.4 Å². The van der Waals surface area contributed by atoms with Gasteiger partial charge in [0.05, 0.1) is 16.3 Å². The topological polar surface area (TPSA) is 75.9 Å². The van der Waals surface area contributed by atoms with Crippen LogP contribution in [0, 0.1) is 0 Å². The van der Waals surface area contributed by atoms with Gasteiger partial charge in [-0.25, -0.2) is 9.97 Å². The first-order valence-electron chi connectivity index (χ1n) is 7.51. The van der Waals surface area contributed by atoms with Gasteiger partial charge in [-0.15, -0.1) is 0 Å². The van der Waals surface area contributed by atoms with E-state index in [9.17, 15) is 13.2 Å². The number of alkyl halides is 3. The molecule has 10 heteroatoms. The second kappa shape index (κ2) is 7.50. The van der Waals surface area contributed by atoms with E-state index in [1.807, 2.05) is 0 Å². The van der Waals surface area contributed by atoms with Crippen LogP contribution in [0.15, 0.2) is 48.8 Å². The van der Waals surface area contributed by atoms with E-state index < -0.39 is 11.7 Å². The van der Waals surface area contributed by atoms with Crippen LogP contribution in [-0.4, -0.2) is 9.97 Å². The lowest BCUT2D eigenvalue weighted by molar-refractivity contribution is -0.137. The quantitative estimate of drug-likeness (QED) is 0.498. The molecule has 4 N–H and O–H groups in total. The molecule has 0 spiro atoms. The molecule has 27 heavy (non-hydrogen) atoms. The zero-order valence-electron chi connectivity index (χ0n) is 13.5. The molecule has 3 rings (SSSR count). The first-order chi connectivity index (χ1) is 12.7. The maximum Gasteiger partial charge on any atom is 0.416 e. The minimum atomic E-state index is -4.50. The summed E-state index contributed by atoms with van der Waals surface area (Å²) in [5.74, 6) is 0.389. The van der Waals surface area contributed by atoms with Crippen molar-refractivity contribution in [3.8, 4) is 0 Å². The second-order valence-corrected chi connectivity index (χ2v) is 6.28. The van der Waals surface area contributed by atoms with E-state index in [1.165, 1.54) is 6.33 Å². The van der Waals surface area contributed by atoms with Crippen LogP contribution in [0.3, 0.4) is 0 Å². The molecule has 0 saturated carbocycles. The largest absolute Gasteiger partial charge is 0.416 e. The predicted octanol–water partition coefficient (Wildman–Crippen LogP) is 5.87. The minimum Gasteiger partial charge on any atom is -0.393 e. The Morgan fingerprint density at radius 3 is 2.15 bits per heavy atom. The maximum atomic E-state index is 12.9. The van der Waals surface area contributed by atoms with Gasteiger partial charge in [0.15, 0.2) is 11.6 Å². The summed E-state index contributed by atoms with van der Waals surface area (Å²) in [6.07, 6.45) is -3.28. The molecule has 0 aliphatic heterocycles. The van der Waals surface area contributed by atoms with Crippen LogP contribution in [0.4, 0.5) is 41.9 Å². The first kappa shape index (κ1) is 19.1. The molecule has 0 radical (unpaired) electrons. The van der Waals surface area contributed by atoms with Gasteiger partial charge in [0.1, 0.15) is 12.0 Å². The highest BCUT2D eigenvalue weighted by atomic mass is 35.5. The lowest BCUT2D eigenvalue weighted by Crippen LogP contribution is -2.08. The Labute approximate surface area is 162 Å². The van der Waals surface area contributed by atoms with Crippen molar-refractivity contribution in [3.63, 3.8) is 0 Å². The number of nitrogens with one attached hydrogen (secondary N) is 2. The molecule has 0 bridgehead atoms. The minimum absolute atomic E-state index is 0.0225. The van der Waals surface area contributed by atoms with Gasteiger partial charge in [-0.3, -0.25) is 0 Å². The van der Waals surface area contributed by atoms with Crippen molar-refractivity contribution in [1.82, 2.24) is 9.97 Å². The lowest BCUT2D eigenvalue weighted by Gasteiger charge is -2.15. The number of anilines is 5.